The topological polar surface area (TPSA) is 48.0 Å². The van der Waals surface area contributed by atoms with E-state index in [9.17, 15) is 4.79 Å². The molecule has 32 heavy (non-hydrogen) atoms. The van der Waals surface area contributed by atoms with Crippen molar-refractivity contribution in [3.05, 3.63) is 65.2 Å². The molecule has 3 aliphatic heterocycles. The number of hydrogen-bond acceptors (Lipinski definition) is 5. The van der Waals surface area contributed by atoms with Crippen LogP contribution in [-0.2, 0) is 4.74 Å². The summed E-state index contributed by atoms with van der Waals surface area (Å²) in [5.74, 6) is 1.00. The zero-order valence-electron chi connectivity index (χ0n) is 18.8. The van der Waals surface area contributed by atoms with Crippen LogP contribution in [-0.4, -0.2) is 43.8 Å². The van der Waals surface area contributed by atoms with Gasteiger partial charge in [0.05, 0.1) is 38.1 Å². The highest BCUT2D eigenvalue weighted by atomic mass is 16.5. The lowest BCUT2D eigenvalue weighted by Crippen LogP contribution is -2.46. The third-order valence-corrected chi connectivity index (χ3v) is 6.49. The lowest BCUT2D eigenvalue weighted by Gasteiger charge is -2.39. The summed E-state index contributed by atoms with van der Waals surface area (Å²) >= 11 is 0. The third-order valence-electron chi connectivity index (χ3n) is 6.49. The van der Waals surface area contributed by atoms with Crippen molar-refractivity contribution in [2.45, 2.75) is 44.4 Å². The van der Waals surface area contributed by atoms with E-state index in [2.05, 4.69) is 17.1 Å². The van der Waals surface area contributed by atoms with Crippen LogP contribution in [0.25, 0.3) is 12.2 Å². The number of fused-ring (bicyclic) bond motifs is 3. The maximum Gasteiger partial charge on any atom is 0.193 e. The average Bonchev–Trinajstić information content (AvgIpc) is 3.03. The first-order valence-electron chi connectivity index (χ1n) is 11.2. The van der Waals surface area contributed by atoms with E-state index in [1.807, 2.05) is 56.3 Å². The second-order valence-corrected chi connectivity index (χ2v) is 9.19. The lowest BCUT2D eigenvalue weighted by atomic mass is 9.94. The van der Waals surface area contributed by atoms with Crippen LogP contribution in [0.5, 0.6) is 11.5 Å². The molecule has 2 atom stereocenters. The van der Waals surface area contributed by atoms with Gasteiger partial charge in [0, 0.05) is 11.6 Å². The van der Waals surface area contributed by atoms with Crippen LogP contribution in [0.2, 0.25) is 0 Å². The van der Waals surface area contributed by atoms with Crippen LogP contribution in [0.15, 0.2) is 48.6 Å². The Morgan fingerprint density at radius 3 is 2.56 bits per heavy atom. The number of morpholine rings is 1. The van der Waals surface area contributed by atoms with Crippen molar-refractivity contribution in [2.24, 2.45) is 0 Å². The van der Waals surface area contributed by atoms with Gasteiger partial charge in [-0.3, -0.25) is 4.79 Å². The van der Waals surface area contributed by atoms with E-state index in [1.54, 1.807) is 13.2 Å². The van der Waals surface area contributed by atoms with Gasteiger partial charge in [-0.15, -0.1) is 0 Å². The van der Waals surface area contributed by atoms with Crippen LogP contribution in [0.3, 0.4) is 0 Å². The number of allylic oxidation sites excluding steroid dienone is 1. The Balaban J connectivity index is 1.62. The standard InChI is InChI=1S/C27H29NO4/c1-27(2)14-13-21-22(28-19-10-11-20(28)17-31-16-19)15-24(30-3)25(26(21)32-27)23(29)12-9-18-7-5-4-6-8-18/h4-9,12-15,19-20H,10-11,16-17H2,1-3H3/b12-9+. The van der Waals surface area contributed by atoms with Crippen molar-refractivity contribution in [1.82, 2.24) is 0 Å². The molecule has 0 spiro atoms. The van der Waals surface area contributed by atoms with E-state index in [-0.39, 0.29) is 5.78 Å². The van der Waals surface area contributed by atoms with Crippen molar-refractivity contribution in [3.63, 3.8) is 0 Å². The number of rotatable bonds is 5. The van der Waals surface area contributed by atoms with Gasteiger partial charge in [-0.25, -0.2) is 0 Å². The highest BCUT2D eigenvalue weighted by Gasteiger charge is 2.40. The SMILES string of the molecule is COc1cc(N2C3CCC2COC3)c2c(c1C(=O)/C=C/c1ccccc1)OC(C)(C)C=C2. The highest BCUT2D eigenvalue weighted by molar-refractivity contribution is 6.12. The van der Waals surface area contributed by atoms with Crippen molar-refractivity contribution in [1.29, 1.82) is 0 Å². The summed E-state index contributed by atoms with van der Waals surface area (Å²) in [6, 6.07) is 12.5. The second kappa shape index (κ2) is 8.14. The lowest BCUT2D eigenvalue weighted by molar-refractivity contribution is 0.0904. The smallest absolute Gasteiger partial charge is 0.193 e. The Labute approximate surface area is 189 Å². The first kappa shape index (κ1) is 20.8. The predicted molar refractivity (Wildman–Crippen MR) is 127 cm³/mol. The Morgan fingerprint density at radius 2 is 1.88 bits per heavy atom. The molecule has 0 radical (unpaired) electrons. The molecule has 2 aromatic carbocycles. The third kappa shape index (κ3) is 3.71. The normalized spacial score (nSPS) is 23.2. The number of carbonyl (C=O) groups is 1. The first-order valence-corrected chi connectivity index (χ1v) is 11.2. The molecular weight excluding hydrogens is 402 g/mol. The van der Waals surface area contributed by atoms with E-state index < -0.39 is 5.60 Å². The summed E-state index contributed by atoms with van der Waals surface area (Å²) in [7, 11) is 1.61. The molecule has 0 aromatic heterocycles. The minimum absolute atomic E-state index is 0.135. The van der Waals surface area contributed by atoms with Crippen molar-refractivity contribution in [3.8, 4) is 11.5 Å². The molecule has 5 rings (SSSR count). The molecule has 5 nitrogen and oxygen atoms in total. The van der Waals surface area contributed by atoms with E-state index >= 15 is 0 Å². The largest absolute Gasteiger partial charge is 0.496 e. The van der Waals surface area contributed by atoms with Crippen molar-refractivity contribution in [2.75, 3.05) is 25.2 Å². The van der Waals surface area contributed by atoms with E-state index in [0.29, 0.717) is 29.1 Å². The van der Waals surface area contributed by atoms with Crippen LogP contribution in [0, 0.1) is 0 Å². The van der Waals surface area contributed by atoms with Gasteiger partial charge in [0.15, 0.2) is 5.78 Å². The average molecular weight is 432 g/mol. The number of benzene rings is 2. The summed E-state index contributed by atoms with van der Waals surface area (Å²) in [5, 5.41) is 0. The zero-order chi connectivity index (χ0) is 22.3. The molecule has 0 N–H and O–H groups in total. The number of nitrogens with zero attached hydrogens (tertiary/aromatic N) is 1. The summed E-state index contributed by atoms with van der Waals surface area (Å²) in [4.78, 5) is 15.9. The number of ketones is 1. The summed E-state index contributed by atoms with van der Waals surface area (Å²) in [6.45, 7) is 5.45. The Morgan fingerprint density at radius 1 is 1.16 bits per heavy atom. The molecule has 3 aliphatic rings. The van der Waals surface area contributed by atoms with Crippen molar-refractivity contribution < 1.29 is 19.0 Å². The fourth-order valence-corrected chi connectivity index (χ4v) is 4.93. The van der Waals surface area contributed by atoms with Gasteiger partial charge in [-0.05, 0) is 50.5 Å². The molecule has 166 valence electrons. The maximum absolute atomic E-state index is 13.4. The molecule has 2 aromatic rings. The van der Waals surface area contributed by atoms with Gasteiger partial charge in [0.2, 0.25) is 0 Å². The molecule has 2 unspecified atom stereocenters. The fraction of sp³-hybridized carbons (Fsp3) is 0.370. The summed E-state index contributed by atoms with van der Waals surface area (Å²) < 4.78 is 18.0. The molecule has 5 heteroatoms. The number of methoxy groups -OCH3 is 1. The Hall–Kier alpha value is -3.05. The van der Waals surface area contributed by atoms with Gasteiger partial charge < -0.3 is 19.1 Å². The quantitative estimate of drug-likeness (QED) is 0.484. The van der Waals surface area contributed by atoms with Gasteiger partial charge in [0.1, 0.15) is 22.7 Å². The number of hydrogen-bond donors (Lipinski definition) is 0. The van der Waals surface area contributed by atoms with Gasteiger partial charge >= 0.3 is 0 Å². The zero-order valence-corrected chi connectivity index (χ0v) is 18.8. The van der Waals surface area contributed by atoms with Gasteiger partial charge in [-0.2, -0.15) is 0 Å². The minimum atomic E-state index is -0.515. The summed E-state index contributed by atoms with van der Waals surface area (Å²) in [5.41, 5.74) is 2.93. The van der Waals surface area contributed by atoms with Crippen LogP contribution < -0.4 is 14.4 Å². The maximum atomic E-state index is 13.4. The first-order chi connectivity index (χ1) is 15.5. The molecule has 3 heterocycles. The van der Waals surface area contributed by atoms with Crippen LogP contribution in [0.1, 0.15) is 48.2 Å². The van der Waals surface area contributed by atoms with Crippen molar-refractivity contribution >= 4 is 23.6 Å². The predicted octanol–water partition coefficient (Wildman–Crippen LogP) is 5.14. The molecule has 0 aliphatic carbocycles. The van der Waals surface area contributed by atoms with Crippen LogP contribution in [0.4, 0.5) is 5.69 Å². The Bertz CT molecular complexity index is 1070. The molecule has 0 amide bonds. The Kier molecular flexibility index (Phi) is 5.30. The monoisotopic (exact) mass is 431 g/mol. The summed E-state index contributed by atoms with van der Waals surface area (Å²) in [6.07, 6.45) is 9.80. The minimum Gasteiger partial charge on any atom is -0.496 e. The van der Waals surface area contributed by atoms with Gasteiger partial charge in [0.25, 0.3) is 0 Å². The van der Waals surface area contributed by atoms with E-state index in [1.165, 1.54) is 0 Å². The highest BCUT2D eigenvalue weighted by Crippen LogP contribution is 2.47. The van der Waals surface area contributed by atoms with Crippen LogP contribution >= 0.6 is 0 Å². The van der Waals surface area contributed by atoms with E-state index in [0.717, 1.165) is 42.9 Å². The second-order valence-electron chi connectivity index (χ2n) is 9.19. The molecule has 0 saturated carbocycles. The molecule has 2 saturated heterocycles. The molecule has 2 bridgehead atoms. The van der Waals surface area contributed by atoms with Gasteiger partial charge in [-0.1, -0.05) is 36.4 Å². The number of ether oxygens (including phenoxy) is 3. The fourth-order valence-electron chi connectivity index (χ4n) is 4.93. The molecule has 2 fully saturated rings. The van der Waals surface area contributed by atoms with E-state index in [4.69, 9.17) is 14.2 Å². The number of carbonyl (C=O) groups excluding carboxylic acids is 1. The number of anilines is 1. The molecular formula is C27H29NO4.